The third kappa shape index (κ3) is 2.65. The molecule has 3 nitrogen and oxygen atoms in total. The SMILES string of the molecule is O=C(NC1CCCCC1)N1CC2CCCCC2C1. The van der Waals surface area contributed by atoms with E-state index in [0.29, 0.717) is 6.04 Å². The van der Waals surface area contributed by atoms with Crippen LogP contribution in [0.4, 0.5) is 4.79 Å². The predicted octanol–water partition coefficient (Wildman–Crippen LogP) is 3.15. The first kappa shape index (κ1) is 12.3. The molecule has 3 aliphatic rings. The van der Waals surface area contributed by atoms with Gasteiger partial charge in [-0.3, -0.25) is 0 Å². The van der Waals surface area contributed by atoms with Gasteiger partial charge in [-0.1, -0.05) is 32.1 Å². The summed E-state index contributed by atoms with van der Waals surface area (Å²) in [4.78, 5) is 14.4. The third-order valence-corrected chi connectivity index (χ3v) is 5.20. The normalized spacial score (nSPS) is 33.2. The summed E-state index contributed by atoms with van der Waals surface area (Å²) < 4.78 is 0. The summed E-state index contributed by atoms with van der Waals surface area (Å²) in [6.45, 7) is 2.03. The standard InChI is InChI=1S/C15H26N2O/c18-15(16-14-8-2-1-3-9-14)17-10-12-6-4-5-7-13(12)11-17/h12-14H,1-11H2,(H,16,18). The molecule has 0 aromatic heterocycles. The van der Waals surface area contributed by atoms with Crippen molar-refractivity contribution in [2.24, 2.45) is 11.8 Å². The number of likely N-dealkylation sites (tertiary alicyclic amines) is 1. The Hall–Kier alpha value is -0.730. The predicted molar refractivity (Wildman–Crippen MR) is 72.4 cm³/mol. The lowest BCUT2D eigenvalue weighted by Crippen LogP contribution is -2.44. The highest BCUT2D eigenvalue weighted by molar-refractivity contribution is 5.74. The Morgan fingerprint density at radius 3 is 2.00 bits per heavy atom. The van der Waals surface area contributed by atoms with Crippen LogP contribution in [0.1, 0.15) is 57.8 Å². The zero-order valence-corrected chi connectivity index (χ0v) is 11.4. The first-order valence-electron chi connectivity index (χ1n) is 7.88. The van der Waals surface area contributed by atoms with Crippen molar-refractivity contribution < 1.29 is 4.79 Å². The molecule has 2 unspecified atom stereocenters. The van der Waals surface area contributed by atoms with Gasteiger partial charge in [0.2, 0.25) is 0 Å². The Morgan fingerprint density at radius 2 is 1.39 bits per heavy atom. The minimum absolute atomic E-state index is 0.219. The summed E-state index contributed by atoms with van der Waals surface area (Å²) in [5.41, 5.74) is 0. The van der Waals surface area contributed by atoms with Gasteiger partial charge in [-0.15, -0.1) is 0 Å². The average Bonchev–Trinajstić information content (AvgIpc) is 2.84. The zero-order chi connectivity index (χ0) is 12.4. The molecular formula is C15H26N2O. The molecule has 2 saturated carbocycles. The van der Waals surface area contributed by atoms with Crippen LogP contribution in [-0.4, -0.2) is 30.1 Å². The lowest BCUT2D eigenvalue weighted by molar-refractivity contribution is 0.198. The minimum atomic E-state index is 0.219. The van der Waals surface area contributed by atoms with Crippen LogP contribution in [0.2, 0.25) is 0 Å². The second-order valence-electron chi connectivity index (χ2n) is 6.49. The fraction of sp³-hybridized carbons (Fsp3) is 0.933. The van der Waals surface area contributed by atoms with E-state index in [1.807, 2.05) is 0 Å². The molecule has 1 aliphatic heterocycles. The van der Waals surface area contributed by atoms with Gasteiger partial charge in [-0.25, -0.2) is 4.79 Å². The maximum atomic E-state index is 12.3. The van der Waals surface area contributed by atoms with Gasteiger partial charge in [-0.2, -0.15) is 0 Å². The Bertz CT molecular complexity index is 285. The molecule has 3 rings (SSSR count). The van der Waals surface area contributed by atoms with Gasteiger partial charge in [0.25, 0.3) is 0 Å². The maximum Gasteiger partial charge on any atom is 0.317 e. The van der Waals surface area contributed by atoms with Crippen molar-refractivity contribution in [1.82, 2.24) is 10.2 Å². The van der Waals surface area contributed by atoms with Gasteiger partial charge in [0.05, 0.1) is 0 Å². The average molecular weight is 250 g/mol. The molecule has 2 amide bonds. The third-order valence-electron chi connectivity index (χ3n) is 5.20. The van der Waals surface area contributed by atoms with Crippen LogP contribution in [0.25, 0.3) is 0 Å². The first-order valence-corrected chi connectivity index (χ1v) is 7.88. The van der Waals surface area contributed by atoms with Gasteiger partial charge in [0, 0.05) is 19.1 Å². The lowest BCUT2D eigenvalue weighted by atomic mass is 9.82. The molecule has 3 heteroatoms. The van der Waals surface area contributed by atoms with Crippen LogP contribution in [0, 0.1) is 11.8 Å². The van der Waals surface area contributed by atoms with E-state index in [1.165, 1.54) is 57.8 Å². The molecule has 0 radical (unpaired) electrons. The van der Waals surface area contributed by atoms with E-state index in [0.717, 1.165) is 24.9 Å². The summed E-state index contributed by atoms with van der Waals surface area (Å²) in [6, 6.07) is 0.671. The summed E-state index contributed by atoms with van der Waals surface area (Å²) >= 11 is 0. The molecule has 1 saturated heterocycles. The van der Waals surface area contributed by atoms with Crippen molar-refractivity contribution in [2.75, 3.05) is 13.1 Å². The Kier molecular flexibility index (Phi) is 3.76. The quantitative estimate of drug-likeness (QED) is 0.762. The van der Waals surface area contributed by atoms with Crippen molar-refractivity contribution in [1.29, 1.82) is 0 Å². The number of hydrogen-bond donors (Lipinski definition) is 1. The number of carbonyl (C=O) groups is 1. The topological polar surface area (TPSA) is 32.3 Å². The zero-order valence-electron chi connectivity index (χ0n) is 11.4. The molecule has 1 N–H and O–H groups in total. The number of nitrogens with one attached hydrogen (secondary N) is 1. The Morgan fingerprint density at radius 1 is 0.833 bits per heavy atom. The van der Waals surface area contributed by atoms with Gasteiger partial charge in [0.15, 0.2) is 0 Å². The number of rotatable bonds is 1. The van der Waals surface area contributed by atoms with E-state index in [9.17, 15) is 4.79 Å². The number of nitrogens with zero attached hydrogens (tertiary/aromatic N) is 1. The monoisotopic (exact) mass is 250 g/mol. The van der Waals surface area contributed by atoms with Crippen molar-refractivity contribution >= 4 is 6.03 Å². The van der Waals surface area contributed by atoms with Crippen LogP contribution >= 0.6 is 0 Å². The van der Waals surface area contributed by atoms with Crippen molar-refractivity contribution in [2.45, 2.75) is 63.8 Å². The molecule has 102 valence electrons. The number of amides is 2. The largest absolute Gasteiger partial charge is 0.335 e. The highest BCUT2D eigenvalue weighted by atomic mass is 16.2. The minimum Gasteiger partial charge on any atom is -0.335 e. The molecule has 0 aromatic carbocycles. The molecule has 0 spiro atoms. The second kappa shape index (κ2) is 5.50. The van der Waals surface area contributed by atoms with Crippen molar-refractivity contribution in [3.05, 3.63) is 0 Å². The Labute approximate surface area is 110 Å². The van der Waals surface area contributed by atoms with E-state index in [4.69, 9.17) is 0 Å². The number of hydrogen-bond acceptors (Lipinski definition) is 1. The summed E-state index contributed by atoms with van der Waals surface area (Å²) in [5.74, 6) is 1.60. The van der Waals surface area contributed by atoms with Crippen LogP contribution in [0.3, 0.4) is 0 Å². The van der Waals surface area contributed by atoms with Gasteiger partial charge in [-0.05, 0) is 37.5 Å². The van der Waals surface area contributed by atoms with Gasteiger partial charge >= 0.3 is 6.03 Å². The summed E-state index contributed by atoms with van der Waals surface area (Å²) in [6.07, 6.45) is 11.7. The fourth-order valence-corrected chi connectivity index (χ4v) is 4.08. The van der Waals surface area contributed by atoms with Crippen LogP contribution in [0.5, 0.6) is 0 Å². The molecule has 0 bridgehead atoms. The summed E-state index contributed by atoms with van der Waals surface area (Å²) in [7, 11) is 0. The van der Waals surface area contributed by atoms with Crippen LogP contribution in [-0.2, 0) is 0 Å². The molecule has 0 aromatic rings. The van der Waals surface area contributed by atoms with Gasteiger partial charge in [0.1, 0.15) is 0 Å². The van der Waals surface area contributed by atoms with Crippen molar-refractivity contribution in [3.8, 4) is 0 Å². The van der Waals surface area contributed by atoms with E-state index < -0.39 is 0 Å². The van der Waals surface area contributed by atoms with Crippen molar-refractivity contribution in [3.63, 3.8) is 0 Å². The molecule has 1 heterocycles. The van der Waals surface area contributed by atoms with E-state index in [-0.39, 0.29) is 6.03 Å². The van der Waals surface area contributed by atoms with Crippen LogP contribution in [0.15, 0.2) is 0 Å². The maximum absolute atomic E-state index is 12.3. The van der Waals surface area contributed by atoms with Gasteiger partial charge < -0.3 is 10.2 Å². The Balaban J connectivity index is 1.50. The number of fused-ring (bicyclic) bond motifs is 1. The lowest BCUT2D eigenvalue weighted by Gasteiger charge is -2.26. The van der Waals surface area contributed by atoms with E-state index in [2.05, 4.69) is 10.2 Å². The molecular weight excluding hydrogens is 224 g/mol. The molecule has 3 fully saturated rings. The molecule has 2 atom stereocenters. The van der Waals surface area contributed by atoms with E-state index in [1.54, 1.807) is 0 Å². The summed E-state index contributed by atoms with van der Waals surface area (Å²) in [5, 5.41) is 3.26. The highest BCUT2D eigenvalue weighted by Crippen LogP contribution is 2.36. The number of urea groups is 1. The number of carbonyl (C=O) groups excluding carboxylic acids is 1. The molecule has 2 aliphatic carbocycles. The molecule has 18 heavy (non-hydrogen) atoms. The van der Waals surface area contributed by atoms with E-state index >= 15 is 0 Å². The second-order valence-corrected chi connectivity index (χ2v) is 6.49. The smallest absolute Gasteiger partial charge is 0.317 e. The fourth-order valence-electron chi connectivity index (χ4n) is 4.08. The van der Waals surface area contributed by atoms with Crippen LogP contribution < -0.4 is 5.32 Å². The highest BCUT2D eigenvalue weighted by Gasteiger charge is 2.36. The first-order chi connectivity index (χ1) is 8.83.